The van der Waals surface area contributed by atoms with E-state index in [-0.39, 0.29) is 29.2 Å². The third-order valence-electron chi connectivity index (χ3n) is 6.90. The maximum atomic E-state index is 13.2. The molecule has 1 aliphatic heterocycles. The lowest BCUT2D eigenvalue weighted by atomic mass is 9.87. The summed E-state index contributed by atoms with van der Waals surface area (Å²) in [5, 5.41) is 13.0. The molecular weight excluding hydrogens is 484 g/mol. The number of aryl methyl sites for hydroxylation is 1. The summed E-state index contributed by atoms with van der Waals surface area (Å²) in [5.41, 5.74) is 2.05. The average molecular weight is 519 g/mol. The van der Waals surface area contributed by atoms with E-state index in [4.69, 9.17) is 14.2 Å². The van der Waals surface area contributed by atoms with Crippen LogP contribution in [0.15, 0.2) is 66.9 Å². The van der Waals surface area contributed by atoms with E-state index in [1.807, 2.05) is 56.3 Å². The fourth-order valence-corrected chi connectivity index (χ4v) is 4.76. The summed E-state index contributed by atoms with van der Waals surface area (Å²) in [7, 11) is 1.38. The number of pyridine rings is 1. The quantitative estimate of drug-likeness (QED) is 0.440. The van der Waals surface area contributed by atoms with E-state index in [0.29, 0.717) is 25.7 Å². The number of amides is 1. The van der Waals surface area contributed by atoms with Crippen molar-refractivity contribution in [1.82, 2.24) is 10.3 Å². The Kier molecular flexibility index (Phi) is 8.84. The first-order valence-electron chi connectivity index (χ1n) is 12.9. The van der Waals surface area contributed by atoms with Gasteiger partial charge in [0.25, 0.3) is 5.91 Å². The Morgan fingerprint density at radius 1 is 1.11 bits per heavy atom. The molecule has 0 radical (unpaired) electrons. The molecular formula is C30H34N2O6. The summed E-state index contributed by atoms with van der Waals surface area (Å²) >= 11 is 0. The number of aromatic nitrogens is 1. The molecule has 4 atom stereocenters. The van der Waals surface area contributed by atoms with Crippen LogP contribution in [0.5, 0.6) is 17.2 Å². The van der Waals surface area contributed by atoms with Gasteiger partial charge in [-0.2, -0.15) is 0 Å². The summed E-state index contributed by atoms with van der Waals surface area (Å²) in [6.45, 7) is 3.90. The number of hydrogen-bond acceptors (Lipinski definition) is 7. The van der Waals surface area contributed by atoms with Crippen molar-refractivity contribution in [2.75, 3.05) is 7.11 Å². The first-order valence-corrected chi connectivity index (χ1v) is 12.9. The minimum absolute atomic E-state index is 0.110. The van der Waals surface area contributed by atoms with Gasteiger partial charge in [0.05, 0.1) is 7.11 Å². The van der Waals surface area contributed by atoms with Gasteiger partial charge in [-0.1, -0.05) is 48.0 Å². The van der Waals surface area contributed by atoms with Crippen LogP contribution in [-0.2, 0) is 16.0 Å². The van der Waals surface area contributed by atoms with Gasteiger partial charge in [-0.05, 0) is 57.2 Å². The third-order valence-corrected chi connectivity index (χ3v) is 6.90. The molecule has 2 N–H and O–H groups in total. The van der Waals surface area contributed by atoms with Gasteiger partial charge in [0.2, 0.25) is 0 Å². The number of carbonyl (C=O) groups excluding carboxylic acids is 2. The highest BCUT2D eigenvalue weighted by molar-refractivity contribution is 5.97. The van der Waals surface area contributed by atoms with Crippen molar-refractivity contribution < 1.29 is 28.9 Å². The molecule has 1 unspecified atom stereocenters. The number of cyclic esters (lactones) is 1. The SMILES string of the molecule is COc1ccnc(C(=O)NC2CCC[C@H](Oc3ccc(C)cc3)[C@@H](Cc3ccccc3)[C@H](C)OC2=O)c1O. The van der Waals surface area contributed by atoms with Crippen molar-refractivity contribution >= 4 is 11.9 Å². The topological polar surface area (TPSA) is 107 Å². The van der Waals surface area contributed by atoms with Crippen molar-refractivity contribution in [3.8, 4) is 17.2 Å². The van der Waals surface area contributed by atoms with Crippen molar-refractivity contribution in [1.29, 1.82) is 0 Å². The van der Waals surface area contributed by atoms with E-state index in [1.54, 1.807) is 0 Å². The fraction of sp³-hybridized carbons (Fsp3) is 0.367. The third kappa shape index (κ3) is 6.62. The van der Waals surface area contributed by atoms with Crippen LogP contribution in [0, 0.1) is 12.8 Å². The first-order chi connectivity index (χ1) is 18.4. The molecule has 0 spiro atoms. The Morgan fingerprint density at radius 2 is 1.84 bits per heavy atom. The largest absolute Gasteiger partial charge is 0.503 e. The number of aromatic hydroxyl groups is 1. The van der Waals surface area contributed by atoms with Crippen LogP contribution in [0.4, 0.5) is 0 Å². The van der Waals surface area contributed by atoms with Crippen molar-refractivity contribution in [2.45, 2.75) is 57.8 Å². The molecule has 1 amide bonds. The molecule has 0 bridgehead atoms. The second-order valence-electron chi connectivity index (χ2n) is 9.63. The van der Waals surface area contributed by atoms with Crippen LogP contribution in [-0.4, -0.2) is 47.3 Å². The predicted molar refractivity (Wildman–Crippen MR) is 142 cm³/mol. The number of carbonyl (C=O) groups is 2. The lowest BCUT2D eigenvalue weighted by molar-refractivity contribution is -0.154. The molecule has 0 aliphatic carbocycles. The first kappa shape index (κ1) is 27.0. The molecule has 1 saturated heterocycles. The Hall–Kier alpha value is -4.07. The molecule has 1 aromatic heterocycles. The molecule has 1 fully saturated rings. The lowest BCUT2D eigenvalue weighted by Crippen LogP contribution is -2.44. The fourth-order valence-electron chi connectivity index (χ4n) is 4.76. The van der Waals surface area contributed by atoms with Gasteiger partial charge in [0, 0.05) is 18.2 Å². The summed E-state index contributed by atoms with van der Waals surface area (Å²) in [4.78, 5) is 30.1. The number of ether oxygens (including phenoxy) is 3. The molecule has 38 heavy (non-hydrogen) atoms. The van der Waals surface area contributed by atoms with E-state index < -0.39 is 24.0 Å². The van der Waals surface area contributed by atoms with Crippen molar-refractivity contribution in [3.05, 3.63) is 83.7 Å². The van der Waals surface area contributed by atoms with Gasteiger partial charge in [0.15, 0.2) is 17.2 Å². The highest BCUT2D eigenvalue weighted by atomic mass is 16.5. The highest BCUT2D eigenvalue weighted by Gasteiger charge is 2.36. The van der Waals surface area contributed by atoms with Crippen LogP contribution >= 0.6 is 0 Å². The van der Waals surface area contributed by atoms with E-state index in [0.717, 1.165) is 16.9 Å². The number of benzene rings is 2. The zero-order chi connectivity index (χ0) is 27.1. The van der Waals surface area contributed by atoms with E-state index in [1.165, 1.54) is 19.4 Å². The molecule has 4 rings (SSSR count). The average Bonchev–Trinajstić information content (AvgIpc) is 2.96. The second kappa shape index (κ2) is 12.4. The van der Waals surface area contributed by atoms with Crippen molar-refractivity contribution in [3.63, 3.8) is 0 Å². The zero-order valence-corrected chi connectivity index (χ0v) is 21.9. The van der Waals surface area contributed by atoms with Crippen LogP contribution in [0.25, 0.3) is 0 Å². The van der Waals surface area contributed by atoms with Gasteiger partial charge >= 0.3 is 5.97 Å². The van der Waals surface area contributed by atoms with E-state index in [2.05, 4.69) is 22.4 Å². The zero-order valence-electron chi connectivity index (χ0n) is 21.9. The smallest absolute Gasteiger partial charge is 0.328 e. The number of esters is 1. The predicted octanol–water partition coefficient (Wildman–Crippen LogP) is 4.62. The summed E-state index contributed by atoms with van der Waals surface area (Å²) < 4.78 is 17.5. The number of methoxy groups -OCH3 is 1. The molecule has 1 aliphatic rings. The van der Waals surface area contributed by atoms with Gasteiger partial charge in [0.1, 0.15) is 24.0 Å². The monoisotopic (exact) mass is 518 g/mol. The van der Waals surface area contributed by atoms with E-state index >= 15 is 0 Å². The summed E-state index contributed by atoms with van der Waals surface area (Å²) in [6, 6.07) is 18.5. The highest BCUT2D eigenvalue weighted by Crippen LogP contribution is 2.30. The van der Waals surface area contributed by atoms with Crippen LogP contribution < -0.4 is 14.8 Å². The summed E-state index contributed by atoms with van der Waals surface area (Å²) in [6.07, 6.45) is 2.99. The summed E-state index contributed by atoms with van der Waals surface area (Å²) in [5.74, 6) is -0.810. The second-order valence-corrected chi connectivity index (χ2v) is 9.63. The maximum Gasteiger partial charge on any atom is 0.328 e. The molecule has 0 saturated carbocycles. The van der Waals surface area contributed by atoms with Crippen molar-refractivity contribution in [2.24, 2.45) is 5.92 Å². The van der Waals surface area contributed by atoms with Crippen LogP contribution in [0.2, 0.25) is 0 Å². The Morgan fingerprint density at radius 3 is 2.55 bits per heavy atom. The van der Waals surface area contributed by atoms with Gasteiger partial charge < -0.3 is 24.6 Å². The molecule has 8 heteroatoms. The van der Waals surface area contributed by atoms with Gasteiger partial charge in [-0.3, -0.25) is 4.79 Å². The molecule has 2 heterocycles. The normalized spacial score (nSPS) is 21.8. The van der Waals surface area contributed by atoms with Gasteiger partial charge in [-0.15, -0.1) is 0 Å². The van der Waals surface area contributed by atoms with E-state index in [9.17, 15) is 14.7 Å². The Balaban J connectivity index is 1.55. The maximum absolute atomic E-state index is 13.2. The Labute approximate surface area is 223 Å². The molecule has 3 aromatic rings. The number of rotatable bonds is 7. The number of nitrogens with one attached hydrogen (secondary N) is 1. The molecule has 200 valence electrons. The minimum atomic E-state index is -0.896. The van der Waals surface area contributed by atoms with Crippen LogP contribution in [0.3, 0.4) is 0 Å². The lowest BCUT2D eigenvalue weighted by Gasteiger charge is -2.31. The Bertz CT molecular complexity index is 1230. The standard InChI is InChI=1S/C30H34N2O6/c1-19-12-14-22(15-13-19)38-25-11-7-10-24(32-29(34)27-28(33)26(36-3)16-17-31-27)30(35)37-20(2)23(25)18-21-8-5-4-6-9-21/h4-6,8-9,12-17,20,23-25,33H,7,10-11,18H2,1-3H3,(H,32,34)/t20-,23-,24?,25-/m0/s1. The van der Waals surface area contributed by atoms with Gasteiger partial charge in [-0.25, -0.2) is 9.78 Å². The molecule has 8 nitrogen and oxygen atoms in total. The number of hydrogen-bond donors (Lipinski definition) is 2. The number of nitrogens with zero attached hydrogens (tertiary/aromatic N) is 1. The minimum Gasteiger partial charge on any atom is -0.503 e. The molecule has 2 aromatic carbocycles. The van der Waals surface area contributed by atoms with Crippen LogP contribution in [0.1, 0.15) is 47.8 Å².